The zero-order chi connectivity index (χ0) is 8.43. The Hall–Kier alpha value is -1.04. The summed E-state index contributed by atoms with van der Waals surface area (Å²) >= 11 is 2.89. The van der Waals surface area contributed by atoms with Crippen molar-refractivity contribution < 1.29 is 19.2 Å². The first-order valence-corrected chi connectivity index (χ1v) is 3.38. The maximum atomic E-state index is 10.5. The monoisotopic (exact) mass is 221 g/mol. The van der Waals surface area contributed by atoms with Crippen molar-refractivity contribution in [3.05, 3.63) is 10.2 Å². The number of rotatable bonds is 2. The lowest BCUT2D eigenvalue weighted by atomic mass is 10.4. The second-order valence-corrected chi connectivity index (χ2v) is 2.40. The van der Waals surface area contributed by atoms with Crippen molar-refractivity contribution in [3.63, 3.8) is 0 Å². The largest absolute Gasteiger partial charge is 0.477 e. The number of carboxylic acid groups (broad SMARTS) is 1. The van der Waals surface area contributed by atoms with Gasteiger partial charge in [-0.05, 0) is 15.9 Å². The molecule has 60 valence electrons. The fourth-order valence-electron chi connectivity index (χ4n) is 0.572. The van der Waals surface area contributed by atoms with Crippen molar-refractivity contribution in [1.29, 1.82) is 0 Å². The minimum atomic E-state index is -1.14. The van der Waals surface area contributed by atoms with Crippen LogP contribution in [-0.4, -0.2) is 23.3 Å². The molecule has 0 fully saturated rings. The highest BCUT2D eigenvalue weighted by molar-refractivity contribution is 9.10. The standard InChI is InChI=1S/C5H4BrNO4/c1-10-5-2(4(8)9)3(6)7-11-5/h1H3,(H,8,9). The van der Waals surface area contributed by atoms with Crippen molar-refractivity contribution in [2.24, 2.45) is 0 Å². The number of aromatic nitrogens is 1. The number of hydrogen-bond donors (Lipinski definition) is 1. The molecule has 0 saturated heterocycles. The van der Waals surface area contributed by atoms with Gasteiger partial charge in [0.15, 0.2) is 10.2 Å². The van der Waals surface area contributed by atoms with E-state index in [0.29, 0.717) is 0 Å². The van der Waals surface area contributed by atoms with E-state index in [1.807, 2.05) is 0 Å². The second kappa shape index (κ2) is 2.91. The predicted octanol–water partition coefficient (Wildman–Crippen LogP) is 1.14. The lowest BCUT2D eigenvalue weighted by Crippen LogP contribution is -1.97. The molecule has 0 aromatic carbocycles. The second-order valence-electron chi connectivity index (χ2n) is 1.65. The van der Waals surface area contributed by atoms with Crippen molar-refractivity contribution in [1.82, 2.24) is 5.16 Å². The van der Waals surface area contributed by atoms with Crippen molar-refractivity contribution in [2.75, 3.05) is 7.11 Å². The number of carbonyl (C=O) groups is 1. The Morgan fingerprint density at radius 2 is 2.45 bits per heavy atom. The summed E-state index contributed by atoms with van der Waals surface area (Å²) in [5.41, 5.74) is -0.104. The van der Waals surface area contributed by atoms with Crippen LogP contribution in [0.1, 0.15) is 10.4 Å². The Balaban J connectivity index is 3.17. The van der Waals surface area contributed by atoms with Crippen LogP contribution in [0.25, 0.3) is 0 Å². The maximum absolute atomic E-state index is 10.5. The molecular weight excluding hydrogens is 218 g/mol. The van der Waals surface area contributed by atoms with Crippen LogP contribution < -0.4 is 4.74 Å². The number of halogens is 1. The van der Waals surface area contributed by atoms with E-state index in [1.165, 1.54) is 7.11 Å². The normalized spacial score (nSPS) is 9.64. The van der Waals surface area contributed by atoms with Gasteiger partial charge in [-0.15, -0.1) is 0 Å². The molecule has 0 aliphatic rings. The van der Waals surface area contributed by atoms with Gasteiger partial charge in [-0.2, -0.15) is 0 Å². The van der Waals surface area contributed by atoms with E-state index in [2.05, 4.69) is 30.3 Å². The lowest BCUT2D eigenvalue weighted by molar-refractivity contribution is 0.0689. The number of nitrogens with zero attached hydrogens (tertiary/aromatic N) is 1. The summed E-state index contributed by atoms with van der Waals surface area (Å²) in [6.07, 6.45) is 0. The molecule has 1 aromatic rings. The molecule has 0 unspecified atom stereocenters. The van der Waals surface area contributed by atoms with Crippen LogP contribution in [0.2, 0.25) is 0 Å². The molecule has 0 aliphatic heterocycles. The number of carboxylic acids is 1. The molecule has 0 amide bonds. The molecule has 6 heteroatoms. The summed E-state index contributed by atoms with van der Waals surface area (Å²) in [5.74, 6) is -1.25. The molecule has 1 rings (SSSR count). The molecular formula is C5H4BrNO4. The van der Waals surface area contributed by atoms with E-state index in [0.717, 1.165) is 0 Å². The first kappa shape index (κ1) is 8.06. The fraction of sp³-hybridized carbons (Fsp3) is 0.200. The molecule has 11 heavy (non-hydrogen) atoms. The molecule has 1 heterocycles. The first-order chi connectivity index (χ1) is 5.16. The van der Waals surface area contributed by atoms with Crippen molar-refractivity contribution in [3.8, 4) is 5.95 Å². The third kappa shape index (κ3) is 1.35. The summed E-state index contributed by atoms with van der Waals surface area (Å²) in [7, 11) is 1.30. The fourth-order valence-corrected chi connectivity index (χ4v) is 0.976. The Kier molecular flexibility index (Phi) is 2.13. The average molecular weight is 222 g/mol. The van der Waals surface area contributed by atoms with Gasteiger partial charge >= 0.3 is 11.9 Å². The van der Waals surface area contributed by atoms with Gasteiger partial charge in [0, 0.05) is 0 Å². The van der Waals surface area contributed by atoms with Crippen LogP contribution in [-0.2, 0) is 0 Å². The van der Waals surface area contributed by atoms with Gasteiger partial charge in [0.2, 0.25) is 0 Å². The Labute approximate surface area is 70.1 Å². The molecule has 0 atom stereocenters. The zero-order valence-corrected chi connectivity index (χ0v) is 7.08. The van der Waals surface area contributed by atoms with Gasteiger partial charge in [0.05, 0.1) is 7.11 Å². The van der Waals surface area contributed by atoms with Crippen LogP contribution in [0.4, 0.5) is 0 Å². The number of aromatic carboxylic acids is 1. The predicted molar refractivity (Wildman–Crippen MR) is 37.7 cm³/mol. The molecule has 0 spiro atoms. The summed E-state index contributed by atoms with van der Waals surface area (Å²) in [5, 5.41) is 11.9. The third-order valence-corrected chi connectivity index (χ3v) is 1.56. The van der Waals surface area contributed by atoms with Gasteiger partial charge in [-0.1, -0.05) is 5.16 Å². The Bertz CT molecular complexity index is 282. The topological polar surface area (TPSA) is 72.6 Å². The number of hydrogen-bond acceptors (Lipinski definition) is 4. The van der Waals surface area contributed by atoms with Crippen LogP contribution in [0.5, 0.6) is 5.95 Å². The van der Waals surface area contributed by atoms with Gasteiger partial charge in [0.1, 0.15) is 0 Å². The number of ether oxygens (including phenoxy) is 1. The Morgan fingerprint density at radius 3 is 2.82 bits per heavy atom. The highest BCUT2D eigenvalue weighted by Crippen LogP contribution is 2.25. The highest BCUT2D eigenvalue weighted by Gasteiger charge is 2.21. The molecule has 0 bridgehead atoms. The minimum Gasteiger partial charge on any atom is -0.477 e. The first-order valence-electron chi connectivity index (χ1n) is 2.59. The maximum Gasteiger partial charge on any atom is 0.346 e. The molecule has 1 N–H and O–H groups in total. The quantitative estimate of drug-likeness (QED) is 0.812. The van der Waals surface area contributed by atoms with E-state index in [-0.39, 0.29) is 16.1 Å². The lowest BCUT2D eigenvalue weighted by Gasteiger charge is -1.91. The van der Waals surface area contributed by atoms with Gasteiger partial charge in [0.25, 0.3) is 0 Å². The highest BCUT2D eigenvalue weighted by atomic mass is 79.9. The molecule has 5 nitrogen and oxygen atoms in total. The van der Waals surface area contributed by atoms with E-state index in [1.54, 1.807) is 0 Å². The SMILES string of the molecule is COc1onc(Br)c1C(=O)O. The van der Waals surface area contributed by atoms with E-state index >= 15 is 0 Å². The van der Waals surface area contributed by atoms with Crippen LogP contribution >= 0.6 is 15.9 Å². The molecule has 0 radical (unpaired) electrons. The van der Waals surface area contributed by atoms with E-state index < -0.39 is 5.97 Å². The number of methoxy groups -OCH3 is 1. The van der Waals surface area contributed by atoms with Crippen molar-refractivity contribution in [2.45, 2.75) is 0 Å². The minimum absolute atomic E-state index is 0.104. The molecule has 1 aromatic heterocycles. The van der Waals surface area contributed by atoms with Gasteiger partial charge < -0.3 is 14.4 Å². The summed E-state index contributed by atoms with van der Waals surface area (Å²) in [6, 6.07) is 0. The van der Waals surface area contributed by atoms with E-state index in [4.69, 9.17) is 5.11 Å². The summed E-state index contributed by atoms with van der Waals surface area (Å²) in [4.78, 5) is 10.5. The van der Waals surface area contributed by atoms with Gasteiger partial charge in [-0.3, -0.25) is 0 Å². The van der Waals surface area contributed by atoms with Crippen molar-refractivity contribution >= 4 is 21.9 Å². The molecule has 0 aliphatic carbocycles. The zero-order valence-electron chi connectivity index (χ0n) is 5.50. The van der Waals surface area contributed by atoms with E-state index in [9.17, 15) is 4.79 Å². The van der Waals surface area contributed by atoms with Crippen LogP contribution in [0, 0.1) is 0 Å². The van der Waals surface area contributed by atoms with Crippen LogP contribution in [0.3, 0.4) is 0 Å². The average Bonchev–Trinajstić information content (AvgIpc) is 2.30. The van der Waals surface area contributed by atoms with Gasteiger partial charge in [-0.25, -0.2) is 4.79 Å². The molecule has 0 saturated carbocycles. The summed E-state index contributed by atoms with van der Waals surface area (Å²) < 4.78 is 9.22. The van der Waals surface area contributed by atoms with Crippen LogP contribution in [0.15, 0.2) is 9.13 Å². The smallest absolute Gasteiger partial charge is 0.346 e. The Morgan fingerprint density at radius 1 is 1.82 bits per heavy atom. The summed E-state index contributed by atoms with van der Waals surface area (Å²) in [6.45, 7) is 0. The third-order valence-electron chi connectivity index (χ3n) is 1.02.